The molecule has 0 radical (unpaired) electrons. The fraction of sp³-hybridized carbons (Fsp3) is 0.357. The molecule has 2 atom stereocenters. The van der Waals surface area contributed by atoms with Crippen LogP contribution in [-0.2, 0) is 0 Å². The van der Waals surface area contributed by atoms with Gasteiger partial charge in [-0.3, -0.25) is 0 Å². The van der Waals surface area contributed by atoms with E-state index in [1.54, 1.807) is 17.4 Å². The molecule has 1 aromatic carbocycles. The van der Waals surface area contributed by atoms with Gasteiger partial charge in [-0.1, -0.05) is 40.9 Å². The Kier molecular flexibility index (Phi) is 5.32. The van der Waals surface area contributed by atoms with Crippen LogP contribution in [-0.4, -0.2) is 4.98 Å². The van der Waals surface area contributed by atoms with Crippen LogP contribution in [0.2, 0.25) is 15.1 Å². The lowest BCUT2D eigenvalue weighted by Crippen LogP contribution is -2.22. The van der Waals surface area contributed by atoms with E-state index >= 15 is 0 Å². The molecule has 20 heavy (non-hydrogen) atoms. The smallest absolute Gasteiger partial charge is 0.109 e. The maximum Gasteiger partial charge on any atom is 0.109 e. The second kappa shape index (κ2) is 6.63. The first-order chi connectivity index (χ1) is 9.40. The number of nitrogens with one attached hydrogen (secondary N) is 1. The first-order valence-electron chi connectivity index (χ1n) is 6.22. The summed E-state index contributed by atoms with van der Waals surface area (Å²) in [5.41, 5.74) is 0.932. The highest BCUT2D eigenvalue weighted by Crippen LogP contribution is 2.36. The summed E-state index contributed by atoms with van der Waals surface area (Å²) in [5, 5.41) is 5.91. The third-order valence-corrected chi connectivity index (χ3v) is 5.44. The Morgan fingerprint density at radius 3 is 2.40 bits per heavy atom. The van der Waals surface area contributed by atoms with Crippen molar-refractivity contribution < 1.29 is 0 Å². The van der Waals surface area contributed by atoms with Gasteiger partial charge in [0.15, 0.2) is 0 Å². The maximum atomic E-state index is 6.26. The summed E-state index contributed by atoms with van der Waals surface area (Å²) in [7, 11) is 0. The highest BCUT2D eigenvalue weighted by Gasteiger charge is 2.18. The fourth-order valence-corrected chi connectivity index (χ4v) is 3.48. The number of benzene rings is 1. The lowest BCUT2D eigenvalue weighted by atomic mass is 10.1. The fourth-order valence-electron chi connectivity index (χ4n) is 1.98. The van der Waals surface area contributed by atoms with E-state index in [9.17, 15) is 0 Å². The molecule has 108 valence electrons. The van der Waals surface area contributed by atoms with Gasteiger partial charge in [0.1, 0.15) is 5.01 Å². The van der Waals surface area contributed by atoms with Crippen molar-refractivity contribution in [2.75, 3.05) is 0 Å². The summed E-state index contributed by atoms with van der Waals surface area (Å²) < 4.78 is 0. The molecule has 0 aliphatic rings. The van der Waals surface area contributed by atoms with Crippen LogP contribution in [0.4, 0.5) is 0 Å². The van der Waals surface area contributed by atoms with Crippen LogP contribution >= 0.6 is 46.1 Å². The van der Waals surface area contributed by atoms with Crippen LogP contribution in [0.3, 0.4) is 0 Å². The Labute approximate surface area is 138 Å². The topological polar surface area (TPSA) is 24.9 Å². The molecule has 0 spiro atoms. The highest BCUT2D eigenvalue weighted by molar-refractivity contribution is 7.11. The lowest BCUT2D eigenvalue weighted by Gasteiger charge is -2.20. The zero-order chi connectivity index (χ0) is 14.9. The van der Waals surface area contributed by atoms with Crippen molar-refractivity contribution in [2.24, 2.45) is 0 Å². The van der Waals surface area contributed by atoms with Gasteiger partial charge in [0, 0.05) is 17.1 Å². The van der Waals surface area contributed by atoms with E-state index in [0.717, 1.165) is 10.6 Å². The normalized spacial score (nSPS) is 14.3. The summed E-state index contributed by atoms with van der Waals surface area (Å²) in [4.78, 5) is 5.60. The molecule has 2 unspecified atom stereocenters. The predicted octanol–water partition coefficient (Wildman–Crippen LogP) is 5.82. The minimum Gasteiger partial charge on any atom is -0.301 e. The Bertz CT molecular complexity index is 612. The molecule has 2 aromatic rings. The summed E-state index contributed by atoms with van der Waals surface area (Å²) in [5.74, 6) is 0. The number of rotatable bonds is 4. The number of halogens is 3. The molecule has 0 amide bonds. The number of hydrogen-bond donors (Lipinski definition) is 1. The molecule has 0 aliphatic carbocycles. The van der Waals surface area contributed by atoms with Crippen molar-refractivity contribution in [3.05, 3.63) is 48.8 Å². The van der Waals surface area contributed by atoms with Crippen LogP contribution in [0.15, 0.2) is 18.3 Å². The first-order valence-corrected chi connectivity index (χ1v) is 8.17. The lowest BCUT2D eigenvalue weighted by molar-refractivity contribution is 0.493. The second-order valence-electron chi connectivity index (χ2n) is 4.68. The van der Waals surface area contributed by atoms with Crippen molar-refractivity contribution in [2.45, 2.75) is 32.9 Å². The average molecular weight is 350 g/mol. The van der Waals surface area contributed by atoms with Crippen molar-refractivity contribution in [3.63, 3.8) is 0 Å². The molecular formula is C14H15Cl3N2S. The number of thiazole rings is 1. The van der Waals surface area contributed by atoms with Gasteiger partial charge in [0.2, 0.25) is 0 Å². The Morgan fingerprint density at radius 1 is 1.10 bits per heavy atom. The molecule has 1 heterocycles. The van der Waals surface area contributed by atoms with Gasteiger partial charge in [-0.25, -0.2) is 4.98 Å². The second-order valence-corrected chi connectivity index (χ2v) is 7.11. The van der Waals surface area contributed by atoms with Crippen molar-refractivity contribution in [1.82, 2.24) is 10.3 Å². The van der Waals surface area contributed by atoms with Gasteiger partial charge in [-0.15, -0.1) is 11.3 Å². The third kappa shape index (κ3) is 3.46. The van der Waals surface area contributed by atoms with E-state index in [0.29, 0.717) is 15.1 Å². The monoisotopic (exact) mass is 348 g/mol. The Balaban J connectivity index is 2.16. The van der Waals surface area contributed by atoms with Gasteiger partial charge in [-0.05, 0) is 32.4 Å². The Hall–Kier alpha value is -0.320. The standard InChI is InChI=1S/C14H15Cl3N2S/c1-7-6-18-14(20-7)9(3)19-8(2)10-4-5-11(15)13(17)12(10)16/h4-6,8-9,19H,1-3H3. The van der Waals surface area contributed by atoms with Gasteiger partial charge in [-0.2, -0.15) is 0 Å². The minimum atomic E-state index is 0.0523. The highest BCUT2D eigenvalue weighted by atomic mass is 35.5. The van der Waals surface area contributed by atoms with Crippen molar-refractivity contribution in [3.8, 4) is 0 Å². The molecule has 0 saturated heterocycles. The molecule has 0 aliphatic heterocycles. The molecule has 1 aromatic heterocycles. The number of aryl methyl sites for hydroxylation is 1. The van der Waals surface area contributed by atoms with E-state index in [1.807, 2.05) is 26.1 Å². The summed E-state index contributed by atoms with van der Waals surface area (Å²) in [6.07, 6.45) is 1.88. The van der Waals surface area contributed by atoms with Crippen LogP contribution < -0.4 is 5.32 Å². The Morgan fingerprint density at radius 2 is 1.80 bits per heavy atom. The van der Waals surface area contributed by atoms with E-state index in [2.05, 4.69) is 17.2 Å². The first kappa shape index (κ1) is 16.1. The zero-order valence-corrected chi connectivity index (χ0v) is 14.5. The summed E-state index contributed by atoms with van der Waals surface area (Å²) in [6, 6.07) is 3.86. The van der Waals surface area contributed by atoms with E-state index < -0.39 is 0 Å². The van der Waals surface area contributed by atoms with Crippen LogP contribution in [0.1, 0.15) is 41.4 Å². The van der Waals surface area contributed by atoms with Gasteiger partial charge in [0.25, 0.3) is 0 Å². The van der Waals surface area contributed by atoms with Crippen molar-refractivity contribution >= 4 is 46.1 Å². The van der Waals surface area contributed by atoms with E-state index in [-0.39, 0.29) is 12.1 Å². The summed E-state index contributed by atoms with van der Waals surface area (Å²) >= 11 is 20.0. The number of aromatic nitrogens is 1. The van der Waals surface area contributed by atoms with E-state index in [1.165, 1.54) is 4.88 Å². The van der Waals surface area contributed by atoms with Gasteiger partial charge < -0.3 is 5.32 Å². The predicted molar refractivity (Wildman–Crippen MR) is 88.3 cm³/mol. The van der Waals surface area contributed by atoms with Crippen LogP contribution in [0, 0.1) is 6.92 Å². The van der Waals surface area contributed by atoms with E-state index in [4.69, 9.17) is 34.8 Å². The molecule has 0 saturated carbocycles. The average Bonchev–Trinajstić information content (AvgIpc) is 2.82. The molecule has 2 rings (SSSR count). The quantitative estimate of drug-likeness (QED) is 0.703. The molecule has 2 nitrogen and oxygen atoms in total. The molecule has 1 N–H and O–H groups in total. The minimum absolute atomic E-state index is 0.0523. The summed E-state index contributed by atoms with van der Waals surface area (Å²) in [6.45, 7) is 6.18. The maximum absolute atomic E-state index is 6.26. The van der Waals surface area contributed by atoms with Crippen LogP contribution in [0.25, 0.3) is 0 Å². The zero-order valence-electron chi connectivity index (χ0n) is 11.4. The molecular weight excluding hydrogens is 335 g/mol. The number of nitrogens with zero attached hydrogens (tertiary/aromatic N) is 1. The van der Waals surface area contributed by atoms with Gasteiger partial charge >= 0.3 is 0 Å². The number of hydrogen-bond acceptors (Lipinski definition) is 3. The van der Waals surface area contributed by atoms with Gasteiger partial charge in [0.05, 0.1) is 21.1 Å². The SMILES string of the molecule is Cc1cnc(C(C)NC(C)c2ccc(Cl)c(Cl)c2Cl)s1. The molecule has 6 heteroatoms. The van der Waals surface area contributed by atoms with Crippen molar-refractivity contribution in [1.29, 1.82) is 0 Å². The molecule has 0 fully saturated rings. The largest absolute Gasteiger partial charge is 0.301 e. The third-order valence-electron chi connectivity index (χ3n) is 3.04. The van der Waals surface area contributed by atoms with Crippen LogP contribution in [0.5, 0.6) is 0 Å². The molecule has 0 bridgehead atoms.